The van der Waals surface area contributed by atoms with Crippen molar-refractivity contribution in [2.75, 3.05) is 13.1 Å². The number of aliphatic carboxylic acids is 1. The number of rotatable bonds is 3. The second-order valence-electron chi connectivity index (χ2n) is 6.76. The summed E-state index contributed by atoms with van der Waals surface area (Å²) in [4.78, 5) is 31.9. The van der Waals surface area contributed by atoms with Crippen molar-refractivity contribution in [3.8, 4) is 0 Å². The van der Waals surface area contributed by atoms with Crippen LogP contribution >= 0.6 is 11.8 Å². The molecular formula is C15H23N3O3S. The first-order valence-electron chi connectivity index (χ1n) is 7.92. The van der Waals surface area contributed by atoms with Crippen molar-refractivity contribution in [2.24, 2.45) is 4.99 Å². The minimum Gasteiger partial charge on any atom is -0.480 e. The number of carboxylic acid groups (broad SMARTS) is 1. The van der Waals surface area contributed by atoms with Crippen LogP contribution in [0.15, 0.2) is 4.99 Å². The molecule has 0 saturated carbocycles. The molecule has 3 saturated heterocycles. The van der Waals surface area contributed by atoms with Crippen molar-refractivity contribution in [2.45, 2.75) is 61.7 Å². The Hall–Kier alpha value is -1.24. The van der Waals surface area contributed by atoms with Gasteiger partial charge in [0, 0.05) is 17.8 Å². The zero-order chi connectivity index (χ0) is 15.9. The van der Waals surface area contributed by atoms with Crippen LogP contribution in [0.3, 0.4) is 0 Å². The maximum absolute atomic E-state index is 12.3. The summed E-state index contributed by atoms with van der Waals surface area (Å²) in [7, 11) is 0. The molecule has 1 unspecified atom stereocenters. The summed E-state index contributed by atoms with van der Waals surface area (Å²) in [6.07, 6.45) is 6.67. The predicted molar refractivity (Wildman–Crippen MR) is 86.0 cm³/mol. The molecule has 0 aromatic carbocycles. The zero-order valence-electron chi connectivity index (χ0n) is 13.1. The van der Waals surface area contributed by atoms with Gasteiger partial charge in [0.05, 0.1) is 6.34 Å². The molecule has 6 nitrogen and oxygen atoms in total. The molecule has 0 radical (unpaired) electrons. The Labute approximate surface area is 134 Å². The van der Waals surface area contributed by atoms with Gasteiger partial charge in [-0.1, -0.05) is 12.8 Å². The molecule has 0 spiro atoms. The lowest BCUT2D eigenvalue weighted by Gasteiger charge is -2.41. The Kier molecular flexibility index (Phi) is 4.09. The van der Waals surface area contributed by atoms with E-state index in [1.165, 1.54) is 30.6 Å². The molecule has 3 rings (SSSR count). The molecule has 0 aromatic heterocycles. The second kappa shape index (κ2) is 5.76. The maximum Gasteiger partial charge on any atom is 0.327 e. The highest BCUT2D eigenvalue weighted by Crippen LogP contribution is 2.51. The summed E-state index contributed by atoms with van der Waals surface area (Å²) in [5.41, 5.74) is 0. The number of carbonyl (C=O) groups is 2. The Balaban J connectivity index is 1.68. The van der Waals surface area contributed by atoms with Gasteiger partial charge >= 0.3 is 5.97 Å². The van der Waals surface area contributed by atoms with Crippen LogP contribution in [-0.4, -0.2) is 68.4 Å². The van der Waals surface area contributed by atoms with E-state index in [2.05, 4.69) is 9.89 Å². The van der Waals surface area contributed by atoms with E-state index in [9.17, 15) is 14.7 Å². The third-order valence-electron chi connectivity index (χ3n) is 4.68. The van der Waals surface area contributed by atoms with Gasteiger partial charge in [-0.3, -0.25) is 9.79 Å². The molecule has 122 valence electrons. The van der Waals surface area contributed by atoms with Gasteiger partial charge in [0.1, 0.15) is 11.4 Å². The van der Waals surface area contributed by atoms with Gasteiger partial charge in [-0.05, 0) is 26.7 Å². The molecule has 0 aliphatic carbocycles. The molecule has 0 bridgehead atoms. The summed E-state index contributed by atoms with van der Waals surface area (Å²) >= 11 is 1.55. The van der Waals surface area contributed by atoms with Gasteiger partial charge in [0.25, 0.3) is 5.91 Å². The van der Waals surface area contributed by atoms with Crippen LogP contribution in [0.25, 0.3) is 0 Å². The molecular weight excluding hydrogens is 302 g/mol. The number of nitrogens with zero attached hydrogens (tertiary/aromatic N) is 3. The molecule has 22 heavy (non-hydrogen) atoms. The van der Waals surface area contributed by atoms with Gasteiger partial charge in [-0.15, -0.1) is 11.8 Å². The zero-order valence-corrected chi connectivity index (χ0v) is 13.9. The van der Waals surface area contributed by atoms with Crippen molar-refractivity contribution in [3.05, 3.63) is 0 Å². The Morgan fingerprint density at radius 3 is 2.55 bits per heavy atom. The largest absolute Gasteiger partial charge is 0.480 e. The minimum atomic E-state index is -0.928. The molecule has 3 atom stereocenters. The van der Waals surface area contributed by atoms with Gasteiger partial charge in [-0.2, -0.15) is 0 Å². The fourth-order valence-corrected chi connectivity index (χ4v) is 5.13. The van der Waals surface area contributed by atoms with Crippen molar-refractivity contribution in [1.82, 2.24) is 9.80 Å². The van der Waals surface area contributed by atoms with E-state index >= 15 is 0 Å². The number of likely N-dealkylation sites (tertiary alicyclic amines) is 1. The molecule has 1 N–H and O–H groups in total. The van der Waals surface area contributed by atoms with Crippen molar-refractivity contribution in [1.29, 1.82) is 0 Å². The lowest BCUT2D eigenvalue weighted by atomic mass is 9.96. The first kappa shape index (κ1) is 15.6. The fourth-order valence-electron chi connectivity index (χ4n) is 3.51. The van der Waals surface area contributed by atoms with Crippen LogP contribution in [0.1, 0.15) is 39.5 Å². The fraction of sp³-hybridized carbons (Fsp3) is 0.800. The molecule has 7 heteroatoms. The number of hydrogen-bond donors (Lipinski definition) is 1. The third-order valence-corrected chi connectivity index (χ3v) is 6.24. The van der Waals surface area contributed by atoms with E-state index in [0.717, 1.165) is 13.1 Å². The van der Waals surface area contributed by atoms with E-state index in [1.807, 2.05) is 20.2 Å². The topological polar surface area (TPSA) is 73.2 Å². The van der Waals surface area contributed by atoms with Crippen LogP contribution in [0.4, 0.5) is 0 Å². The van der Waals surface area contributed by atoms with Crippen LogP contribution < -0.4 is 0 Å². The monoisotopic (exact) mass is 325 g/mol. The van der Waals surface area contributed by atoms with E-state index in [1.54, 1.807) is 11.8 Å². The lowest BCUT2D eigenvalue weighted by molar-refractivity contribution is -0.158. The summed E-state index contributed by atoms with van der Waals surface area (Å²) in [5, 5.41) is 9.25. The summed E-state index contributed by atoms with van der Waals surface area (Å²) in [6, 6.07) is -1.17. The van der Waals surface area contributed by atoms with E-state index < -0.39 is 22.8 Å². The first-order valence-corrected chi connectivity index (χ1v) is 8.80. The normalized spacial score (nSPS) is 34.5. The van der Waals surface area contributed by atoms with E-state index in [0.29, 0.717) is 0 Å². The maximum atomic E-state index is 12.3. The highest BCUT2D eigenvalue weighted by Gasteiger charge is 2.63. The molecule has 3 fully saturated rings. The number of fused-ring (bicyclic) bond motifs is 1. The number of aliphatic imine (C=N–C) groups is 1. The van der Waals surface area contributed by atoms with Crippen molar-refractivity contribution < 1.29 is 14.7 Å². The summed E-state index contributed by atoms with van der Waals surface area (Å²) in [6.45, 7) is 5.76. The minimum absolute atomic E-state index is 0.133. The first-order chi connectivity index (χ1) is 10.4. The molecule has 3 aliphatic heterocycles. The number of β-lactam (4-membered cyclic amide) rings is 1. The standard InChI is InChI=1S/C15H23N3O3S/c1-15(2)11(14(20)21)18-12(19)10(13(18)22-15)16-9-17-7-5-3-4-6-8-17/h9-11,13H,3-8H2,1-2H3,(H,20,21)/b16-9+/t10?,11-,13+/m0/s1. The van der Waals surface area contributed by atoms with E-state index in [-0.39, 0.29) is 11.3 Å². The Morgan fingerprint density at radius 1 is 1.32 bits per heavy atom. The van der Waals surface area contributed by atoms with Crippen molar-refractivity contribution >= 4 is 30.0 Å². The number of hydrogen-bond acceptors (Lipinski definition) is 4. The van der Waals surface area contributed by atoms with Gasteiger partial charge < -0.3 is 14.9 Å². The quantitative estimate of drug-likeness (QED) is 0.482. The second-order valence-corrected chi connectivity index (χ2v) is 8.53. The summed E-state index contributed by atoms with van der Waals surface area (Å²) < 4.78 is -0.473. The van der Waals surface area contributed by atoms with Gasteiger partial charge in [-0.25, -0.2) is 4.79 Å². The molecule has 0 aromatic rings. The number of amides is 1. The SMILES string of the molecule is CC1(C)S[C@@H]2C(/N=C/N3CCCCCC3)C(=O)N2[C@H]1C(=O)O. The van der Waals surface area contributed by atoms with Gasteiger partial charge in [0.2, 0.25) is 0 Å². The summed E-state index contributed by atoms with van der Waals surface area (Å²) in [5.74, 6) is -1.08. The van der Waals surface area contributed by atoms with Crippen LogP contribution in [0.2, 0.25) is 0 Å². The Morgan fingerprint density at radius 2 is 1.95 bits per heavy atom. The predicted octanol–water partition coefficient (Wildman–Crippen LogP) is 1.41. The molecule has 3 heterocycles. The van der Waals surface area contributed by atoms with Crippen molar-refractivity contribution in [3.63, 3.8) is 0 Å². The number of carboxylic acids is 1. The molecule has 3 aliphatic rings. The highest BCUT2D eigenvalue weighted by atomic mass is 32.2. The van der Waals surface area contributed by atoms with Crippen LogP contribution in [-0.2, 0) is 9.59 Å². The smallest absolute Gasteiger partial charge is 0.327 e. The van der Waals surface area contributed by atoms with Crippen LogP contribution in [0, 0.1) is 0 Å². The average molecular weight is 325 g/mol. The van der Waals surface area contributed by atoms with E-state index in [4.69, 9.17) is 0 Å². The Bertz CT molecular complexity index is 500. The lowest BCUT2D eigenvalue weighted by Crippen LogP contribution is -2.65. The number of carbonyl (C=O) groups excluding carboxylic acids is 1. The van der Waals surface area contributed by atoms with Crippen LogP contribution in [0.5, 0.6) is 0 Å². The molecule has 1 amide bonds. The highest BCUT2D eigenvalue weighted by molar-refractivity contribution is 8.01. The van der Waals surface area contributed by atoms with Gasteiger partial charge in [0.15, 0.2) is 6.04 Å². The average Bonchev–Trinajstić information content (AvgIpc) is 2.60. The third kappa shape index (κ3) is 2.59. The number of thioether (sulfide) groups is 1.